The molecule has 0 spiro atoms. The fourth-order valence-corrected chi connectivity index (χ4v) is 4.05. The average Bonchev–Trinajstić information content (AvgIpc) is 3.26. The van der Waals surface area contributed by atoms with Crippen LogP contribution in [0.15, 0.2) is 42.0 Å². The smallest absolute Gasteiger partial charge is 0.237 e. The van der Waals surface area contributed by atoms with Gasteiger partial charge in [-0.1, -0.05) is 12.1 Å². The predicted octanol–water partition coefficient (Wildman–Crippen LogP) is 1.58. The summed E-state index contributed by atoms with van der Waals surface area (Å²) in [6.45, 7) is 3.94. The van der Waals surface area contributed by atoms with E-state index < -0.39 is 0 Å². The van der Waals surface area contributed by atoms with Gasteiger partial charge in [0.15, 0.2) is 0 Å². The van der Waals surface area contributed by atoms with Gasteiger partial charge in [0.05, 0.1) is 12.5 Å². The number of likely N-dealkylation sites (N-methyl/N-ethyl adjacent to an activating group) is 1. The van der Waals surface area contributed by atoms with Crippen LogP contribution >= 0.6 is 11.3 Å². The molecular formula is C19H24N4O2S. The highest BCUT2D eigenvalue weighted by atomic mass is 32.1. The summed E-state index contributed by atoms with van der Waals surface area (Å²) in [5, 5.41) is 8.03. The summed E-state index contributed by atoms with van der Waals surface area (Å²) in [7, 11) is 0. The second-order valence-electron chi connectivity index (χ2n) is 6.46. The summed E-state index contributed by atoms with van der Waals surface area (Å²) in [5.74, 6) is 0.00341. The standard InChI is InChI=1S/C19H24N4O2S/c1-2-21-19(25)17-10-15(12-23(17)13-16-6-4-8-26-16)22-18(24)9-14-5-3-7-20-11-14/h3-8,11,15,17H,2,9-10,12-13H2,1H3,(H,21,25)(H,22,24)/t15-,17+/m1/s1. The molecule has 1 aliphatic heterocycles. The topological polar surface area (TPSA) is 74.3 Å². The van der Waals surface area contributed by atoms with Gasteiger partial charge in [-0.2, -0.15) is 0 Å². The number of nitrogens with one attached hydrogen (secondary N) is 2. The quantitative estimate of drug-likeness (QED) is 0.774. The molecule has 2 aromatic rings. The molecule has 0 saturated carbocycles. The maximum Gasteiger partial charge on any atom is 0.237 e. The van der Waals surface area contributed by atoms with Crippen LogP contribution in [0.25, 0.3) is 0 Å². The Bertz CT molecular complexity index is 720. The largest absolute Gasteiger partial charge is 0.355 e. The van der Waals surface area contributed by atoms with E-state index in [9.17, 15) is 9.59 Å². The molecular weight excluding hydrogens is 348 g/mol. The lowest BCUT2D eigenvalue weighted by atomic mass is 10.1. The fourth-order valence-electron chi connectivity index (χ4n) is 3.32. The van der Waals surface area contributed by atoms with Gasteiger partial charge >= 0.3 is 0 Å². The maximum atomic E-state index is 12.4. The van der Waals surface area contributed by atoms with E-state index in [1.807, 2.05) is 30.5 Å². The van der Waals surface area contributed by atoms with E-state index in [0.717, 1.165) is 12.1 Å². The number of rotatable bonds is 7. The Balaban J connectivity index is 1.61. The minimum absolute atomic E-state index is 0.0215. The van der Waals surface area contributed by atoms with Crippen LogP contribution in [-0.4, -0.2) is 46.9 Å². The summed E-state index contributed by atoms with van der Waals surface area (Å²) >= 11 is 1.69. The van der Waals surface area contributed by atoms with Gasteiger partial charge in [0, 0.05) is 42.9 Å². The number of amides is 2. The molecule has 0 bridgehead atoms. The number of aromatic nitrogens is 1. The molecule has 138 valence electrons. The van der Waals surface area contributed by atoms with Gasteiger partial charge in [0.2, 0.25) is 11.8 Å². The number of hydrogen-bond donors (Lipinski definition) is 2. The zero-order chi connectivity index (χ0) is 18.4. The molecule has 0 aliphatic carbocycles. The Morgan fingerprint density at radius 1 is 1.35 bits per heavy atom. The second kappa shape index (κ2) is 8.91. The zero-order valence-corrected chi connectivity index (χ0v) is 15.7. The maximum absolute atomic E-state index is 12.4. The highest BCUT2D eigenvalue weighted by molar-refractivity contribution is 7.09. The summed E-state index contributed by atoms with van der Waals surface area (Å²) in [5.41, 5.74) is 0.888. The number of carbonyl (C=O) groups excluding carboxylic acids is 2. The molecule has 6 nitrogen and oxygen atoms in total. The molecule has 0 aromatic carbocycles. The first kappa shape index (κ1) is 18.5. The van der Waals surface area contributed by atoms with Crippen LogP contribution in [-0.2, 0) is 22.6 Å². The number of hydrogen-bond acceptors (Lipinski definition) is 5. The fraction of sp³-hybridized carbons (Fsp3) is 0.421. The lowest BCUT2D eigenvalue weighted by molar-refractivity contribution is -0.125. The van der Waals surface area contributed by atoms with Crippen molar-refractivity contribution in [3.05, 3.63) is 52.5 Å². The normalized spacial score (nSPS) is 20.0. The summed E-state index contributed by atoms with van der Waals surface area (Å²) < 4.78 is 0. The van der Waals surface area contributed by atoms with Crippen molar-refractivity contribution in [2.24, 2.45) is 0 Å². The minimum Gasteiger partial charge on any atom is -0.355 e. The van der Waals surface area contributed by atoms with Crippen LogP contribution in [0, 0.1) is 0 Å². The lowest BCUT2D eigenvalue weighted by Gasteiger charge is -2.22. The van der Waals surface area contributed by atoms with E-state index in [4.69, 9.17) is 0 Å². The van der Waals surface area contributed by atoms with Gasteiger partial charge in [-0.3, -0.25) is 19.5 Å². The highest BCUT2D eigenvalue weighted by Crippen LogP contribution is 2.23. The van der Waals surface area contributed by atoms with Crippen molar-refractivity contribution in [2.75, 3.05) is 13.1 Å². The second-order valence-corrected chi connectivity index (χ2v) is 7.49. The van der Waals surface area contributed by atoms with E-state index >= 15 is 0 Å². The minimum atomic E-state index is -0.208. The van der Waals surface area contributed by atoms with Gasteiger partial charge in [-0.15, -0.1) is 11.3 Å². The van der Waals surface area contributed by atoms with Crippen LogP contribution in [0.5, 0.6) is 0 Å². The monoisotopic (exact) mass is 372 g/mol. The van der Waals surface area contributed by atoms with Crippen LogP contribution in [0.4, 0.5) is 0 Å². The molecule has 26 heavy (non-hydrogen) atoms. The number of thiophene rings is 1. The molecule has 1 saturated heterocycles. The first-order chi connectivity index (χ1) is 12.7. The van der Waals surface area contributed by atoms with Crippen molar-refractivity contribution in [2.45, 2.75) is 38.4 Å². The molecule has 0 radical (unpaired) electrons. The molecule has 3 rings (SSSR count). The third-order valence-corrected chi connectivity index (χ3v) is 5.31. The molecule has 0 unspecified atom stereocenters. The van der Waals surface area contributed by atoms with Crippen molar-refractivity contribution in [3.63, 3.8) is 0 Å². The van der Waals surface area contributed by atoms with Crippen molar-refractivity contribution >= 4 is 23.2 Å². The molecule has 1 aliphatic rings. The molecule has 3 heterocycles. The van der Waals surface area contributed by atoms with Crippen LogP contribution < -0.4 is 10.6 Å². The lowest BCUT2D eigenvalue weighted by Crippen LogP contribution is -2.42. The van der Waals surface area contributed by atoms with E-state index in [1.54, 1.807) is 23.7 Å². The molecule has 7 heteroatoms. The predicted molar refractivity (Wildman–Crippen MR) is 102 cm³/mol. The Labute approximate surface area is 157 Å². The Morgan fingerprint density at radius 3 is 2.92 bits per heavy atom. The number of carbonyl (C=O) groups is 2. The van der Waals surface area contributed by atoms with Gasteiger partial charge in [-0.25, -0.2) is 0 Å². The Morgan fingerprint density at radius 2 is 2.23 bits per heavy atom. The van der Waals surface area contributed by atoms with Gasteiger partial charge in [0.25, 0.3) is 0 Å². The van der Waals surface area contributed by atoms with Gasteiger partial charge in [0.1, 0.15) is 0 Å². The Hall–Kier alpha value is -2.25. The third kappa shape index (κ3) is 4.89. The van der Waals surface area contributed by atoms with Crippen molar-refractivity contribution in [1.29, 1.82) is 0 Å². The zero-order valence-electron chi connectivity index (χ0n) is 14.9. The average molecular weight is 372 g/mol. The number of nitrogens with zero attached hydrogens (tertiary/aromatic N) is 2. The molecule has 2 aromatic heterocycles. The molecule has 2 N–H and O–H groups in total. The van der Waals surface area contributed by atoms with E-state index in [0.29, 0.717) is 25.9 Å². The van der Waals surface area contributed by atoms with Crippen LogP contribution in [0.1, 0.15) is 23.8 Å². The molecule has 1 fully saturated rings. The van der Waals surface area contributed by atoms with Crippen LogP contribution in [0.3, 0.4) is 0 Å². The first-order valence-corrected chi connectivity index (χ1v) is 9.76. The number of likely N-dealkylation sites (tertiary alicyclic amines) is 1. The van der Waals surface area contributed by atoms with E-state index in [2.05, 4.69) is 26.6 Å². The summed E-state index contributed by atoms with van der Waals surface area (Å²) in [6, 6.07) is 7.58. The highest BCUT2D eigenvalue weighted by Gasteiger charge is 2.37. The van der Waals surface area contributed by atoms with E-state index in [1.165, 1.54) is 4.88 Å². The van der Waals surface area contributed by atoms with Crippen molar-refractivity contribution in [3.8, 4) is 0 Å². The van der Waals surface area contributed by atoms with E-state index in [-0.39, 0.29) is 23.9 Å². The summed E-state index contributed by atoms with van der Waals surface area (Å²) in [6.07, 6.45) is 4.34. The van der Waals surface area contributed by atoms with Gasteiger partial charge < -0.3 is 10.6 Å². The van der Waals surface area contributed by atoms with Crippen molar-refractivity contribution < 1.29 is 9.59 Å². The summed E-state index contributed by atoms with van der Waals surface area (Å²) in [4.78, 5) is 32.2. The van der Waals surface area contributed by atoms with Gasteiger partial charge in [-0.05, 0) is 36.4 Å². The Kier molecular flexibility index (Phi) is 6.35. The third-order valence-electron chi connectivity index (χ3n) is 4.45. The van der Waals surface area contributed by atoms with Crippen molar-refractivity contribution in [1.82, 2.24) is 20.5 Å². The molecule has 2 atom stereocenters. The SMILES string of the molecule is CCNC(=O)[C@@H]1C[C@@H](NC(=O)Cc2cccnc2)CN1Cc1cccs1. The first-order valence-electron chi connectivity index (χ1n) is 8.88. The van der Waals surface area contributed by atoms with Crippen LogP contribution in [0.2, 0.25) is 0 Å². The number of pyridine rings is 1. The molecule has 2 amide bonds.